The first-order valence-electron chi connectivity index (χ1n) is 24.1. The van der Waals surface area contributed by atoms with E-state index in [1.54, 1.807) is 0 Å². The maximum absolute atomic E-state index is 12.6. The number of carbonyl (C=O) groups excluding carboxylic acids is 3. The molecule has 0 aliphatic carbocycles. The quantitative estimate of drug-likeness (QED) is 0.0571. The molecule has 0 saturated carbocycles. The molecule has 0 bridgehead atoms. The average molecular weight is 1110 g/mol. The van der Waals surface area contributed by atoms with Crippen LogP contribution in [0.5, 0.6) is 0 Å². The zero-order valence-electron chi connectivity index (χ0n) is 40.9. The second-order valence-electron chi connectivity index (χ2n) is 19.0. The Morgan fingerprint density at radius 2 is 0.724 bits per heavy atom. The molecule has 6 saturated heterocycles. The number of nitrogens with one attached hydrogen (secondary N) is 3. The third kappa shape index (κ3) is 13.7. The van der Waals surface area contributed by atoms with Crippen molar-refractivity contribution in [3.05, 3.63) is 0 Å². The molecule has 440 valence electrons. The highest BCUT2D eigenvalue weighted by Gasteiger charge is 2.58. The number of carbonyl (C=O) groups is 3. The predicted octanol–water partition coefficient (Wildman–Crippen LogP) is -13.7. The first-order chi connectivity index (χ1) is 35.9. The van der Waals surface area contributed by atoms with Crippen molar-refractivity contribution in [1.82, 2.24) is 16.0 Å². The molecule has 0 aromatic heterocycles. The number of aliphatic hydroxyl groups is 17. The summed E-state index contributed by atoms with van der Waals surface area (Å²) in [7, 11) is 0. The second-order valence-corrected chi connectivity index (χ2v) is 19.0. The molecule has 3 amide bonds. The molecule has 0 aromatic rings. The van der Waals surface area contributed by atoms with E-state index in [9.17, 15) is 101 Å². The van der Waals surface area contributed by atoms with Crippen molar-refractivity contribution in [2.24, 2.45) is 0 Å². The number of aliphatic hydroxyl groups excluding tert-OH is 17. The first kappa shape index (κ1) is 62.5. The zero-order chi connectivity index (χ0) is 56.2. The molecule has 6 aliphatic heterocycles. The summed E-state index contributed by atoms with van der Waals surface area (Å²) in [6.07, 6.45) is -52.0. The topological polar surface area (TPSA) is 533 Å². The van der Waals surface area contributed by atoms with E-state index in [0.29, 0.717) is 0 Å². The van der Waals surface area contributed by atoms with E-state index >= 15 is 0 Å². The molecule has 0 aromatic carbocycles. The number of amides is 3. The van der Waals surface area contributed by atoms with E-state index in [1.807, 2.05) is 0 Å². The van der Waals surface area contributed by atoms with E-state index in [0.717, 1.165) is 20.8 Å². The number of hydrogen-bond donors (Lipinski definition) is 20. The van der Waals surface area contributed by atoms with Gasteiger partial charge in [-0.25, -0.2) is 0 Å². The SMILES string of the molecule is CC(=O)N[C@H]1[C@H](O[C@H]2[C@H](O)[C@@H](NC(C)=O)C(O)O[C@@H]2CO)O[C@H](CO)[C@@H](O[C@@H]2O[C@H](CO[C@H]3O[C@H](CO)[C@@H](O)[C@H](O)[C@@H]3O)[C@@H](O)[C@H](O[C@H]3O[C@H](CO)[C@@H](O)[C@H](O)[C@@H]3O[C@@H]3O[C@H](CO)[C@@H](O)[C@H](O)[C@H]3NC(C)=O)[C@@H]2O)[C@@H]1O. The van der Waals surface area contributed by atoms with Gasteiger partial charge in [0.1, 0.15) is 146 Å². The summed E-state index contributed by atoms with van der Waals surface area (Å²) in [5, 5.41) is 191. The van der Waals surface area contributed by atoms with Crippen molar-refractivity contribution in [3.63, 3.8) is 0 Å². The Morgan fingerprint density at radius 1 is 0.342 bits per heavy atom. The van der Waals surface area contributed by atoms with Gasteiger partial charge in [-0.3, -0.25) is 14.4 Å². The van der Waals surface area contributed by atoms with Crippen molar-refractivity contribution in [1.29, 1.82) is 0 Å². The van der Waals surface area contributed by atoms with Crippen LogP contribution in [-0.2, 0) is 66.5 Å². The molecule has 6 heterocycles. The Labute approximate surface area is 431 Å². The minimum Gasteiger partial charge on any atom is -0.394 e. The van der Waals surface area contributed by atoms with E-state index in [1.165, 1.54) is 0 Å². The van der Waals surface area contributed by atoms with Crippen LogP contribution in [0.2, 0.25) is 0 Å². The van der Waals surface area contributed by atoms with Gasteiger partial charge in [-0.15, -0.1) is 0 Å². The lowest BCUT2D eigenvalue weighted by Gasteiger charge is -2.51. The molecule has 0 spiro atoms. The lowest BCUT2D eigenvalue weighted by atomic mass is 9.94. The van der Waals surface area contributed by atoms with Gasteiger partial charge >= 0.3 is 0 Å². The molecule has 30 atom stereocenters. The molecule has 34 heteroatoms. The third-order valence-electron chi connectivity index (χ3n) is 13.6. The molecule has 1 unspecified atom stereocenters. The number of rotatable bonds is 19. The van der Waals surface area contributed by atoms with Gasteiger partial charge in [-0.1, -0.05) is 0 Å². The van der Waals surface area contributed by atoms with E-state index in [2.05, 4.69) is 16.0 Å². The van der Waals surface area contributed by atoms with Crippen molar-refractivity contribution >= 4 is 17.7 Å². The minimum atomic E-state index is -2.34. The van der Waals surface area contributed by atoms with Crippen LogP contribution < -0.4 is 16.0 Å². The van der Waals surface area contributed by atoms with Gasteiger partial charge in [0, 0.05) is 20.8 Å². The van der Waals surface area contributed by atoms with Crippen LogP contribution in [0.1, 0.15) is 20.8 Å². The Bertz CT molecular complexity index is 1870. The maximum Gasteiger partial charge on any atom is 0.217 e. The normalized spacial score (nSPS) is 48.2. The monoisotopic (exact) mass is 1110 g/mol. The molecule has 6 aliphatic rings. The lowest BCUT2D eigenvalue weighted by Crippen LogP contribution is -2.70. The standard InChI is InChI=1S/C42H71N3O31/c1-10(51)43-19-27(59)33(16(7-49)67-37(19)65)73-39-21(45-12(3)53)28(60)34(17(8-50)71-39)74-41-32(64)35(25(57)18(72-41)9-66-40-31(63)29(61)23(55)14(5-47)69-40)75-42-36(30(62)24(56)15(6-48)70-42)76-38-20(44-11(2)52)26(58)22(54)13(4-46)68-38/h13-42,46-50,54-65H,4-9H2,1-3H3,(H,43,51)(H,44,52)(H,45,53)/t13-,14-,15-,16-,17-,18-,19-,20-,21-,22-,23-,24-,25-,26-,27-,28-,29+,30+,31+,32+,33-,34-,35+,36+,37?,38+,39+,40+,41+,42-/m1/s1. The Morgan fingerprint density at radius 3 is 1.25 bits per heavy atom. The van der Waals surface area contributed by atoms with Crippen molar-refractivity contribution in [3.8, 4) is 0 Å². The van der Waals surface area contributed by atoms with Crippen LogP contribution in [0.25, 0.3) is 0 Å². The van der Waals surface area contributed by atoms with Gasteiger partial charge < -0.3 is 155 Å². The summed E-state index contributed by atoms with van der Waals surface area (Å²) in [5.74, 6) is -2.37. The fourth-order valence-corrected chi connectivity index (χ4v) is 9.60. The summed E-state index contributed by atoms with van der Waals surface area (Å²) in [6, 6.07) is -4.99. The highest BCUT2D eigenvalue weighted by atomic mass is 16.8. The van der Waals surface area contributed by atoms with Crippen LogP contribution in [0.4, 0.5) is 0 Å². The number of hydrogen-bond acceptors (Lipinski definition) is 31. The first-order valence-corrected chi connectivity index (χ1v) is 24.1. The molecular formula is C42H71N3O31. The van der Waals surface area contributed by atoms with Gasteiger partial charge in [-0.2, -0.15) is 0 Å². The van der Waals surface area contributed by atoms with Crippen molar-refractivity contribution in [2.45, 2.75) is 205 Å². The van der Waals surface area contributed by atoms with Gasteiger partial charge in [0.2, 0.25) is 17.7 Å². The molecule has 0 radical (unpaired) electrons. The fourth-order valence-electron chi connectivity index (χ4n) is 9.60. The van der Waals surface area contributed by atoms with Crippen LogP contribution in [0, 0.1) is 0 Å². The van der Waals surface area contributed by atoms with E-state index < -0.39 is 241 Å². The Kier molecular flexibility index (Phi) is 22.3. The predicted molar refractivity (Wildman–Crippen MR) is 234 cm³/mol. The summed E-state index contributed by atoms with van der Waals surface area (Å²) in [6.45, 7) is -2.67. The second kappa shape index (κ2) is 27.2. The van der Waals surface area contributed by atoms with Crippen molar-refractivity contribution in [2.75, 3.05) is 39.6 Å². The van der Waals surface area contributed by atoms with Gasteiger partial charge in [-0.05, 0) is 0 Å². The van der Waals surface area contributed by atoms with E-state index in [4.69, 9.17) is 52.1 Å². The van der Waals surface area contributed by atoms with E-state index in [-0.39, 0.29) is 0 Å². The van der Waals surface area contributed by atoms with Gasteiger partial charge in [0.25, 0.3) is 0 Å². The highest BCUT2D eigenvalue weighted by Crippen LogP contribution is 2.37. The Balaban J connectivity index is 1.33. The van der Waals surface area contributed by atoms with Crippen LogP contribution in [0.15, 0.2) is 0 Å². The Hall–Kier alpha value is -2.71. The summed E-state index contributed by atoms with van der Waals surface area (Å²) in [5.41, 5.74) is 0. The van der Waals surface area contributed by atoms with Gasteiger partial charge in [0.05, 0.1) is 39.6 Å². The van der Waals surface area contributed by atoms with Gasteiger partial charge in [0.15, 0.2) is 37.7 Å². The molecule has 6 fully saturated rings. The zero-order valence-corrected chi connectivity index (χ0v) is 40.9. The molecule has 76 heavy (non-hydrogen) atoms. The molecular weight excluding hydrogens is 1040 g/mol. The lowest BCUT2D eigenvalue weighted by molar-refractivity contribution is -0.394. The summed E-state index contributed by atoms with van der Waals surface area (Å²) >= 11 is 0. The maximum atomic E-state index is 12.6. The fraction of sp³-hybridized carbons (Fsp3) is 0.929. The highest BCUT2D eigenvalue weighted by molar-refractivity contribution is 5.74. The summed E-state index contributed by atoms with van der Waals surface area (Å²) < 4.78 is 63.7. The molecule has 20 N–H and O–H groups in total. The minimum absolute atomic E-state index is 0.723. The van der Waals surface area contributed by atoms with Crippen LogP contribution >= 0.6 is 0 Å². The van der Waals surface area contributed by atoms with Crippen LogP contribution in [-0.4, -0.2) is 328 Å². The average Bonchev–Trinajstić information content (AvgIpc) is 3.38. The third-order valence-corrected chi connectivity index (χ3v) is 13.6. The van der Waals surface area contributed by atoms with Crippen molar-refractivity contribution < 1.29 is 153 Å². The molecule has 34 nitrogen and oxygen atoms in total. The summed E-state index contributed by atoms with van der Waals surface area (Å²) in [4.78, 5) is 36.8. The largest absolute Gasteiger partial charge is 0.394 e. The molecule has 6 rings (SSSR count). The smallest absolute Gasteiger partial charge is 0.217 e. The number of ether oxygens (including phenoxy) is 11. The van der Waals surface area contributed by atoms with Crippen LogP contribution in [0.3, 0.4) is 0 Å².